The molecule has 0 aromatic heterocycles. The molecule has 1 saturated heterocycles. The molecule has 1 N–H and O–H groups in total. The molecule has 260 valence electrons. The molecule has 49 heavy (non-hydrogen) atoms. The normalized spacial score (nSPS) is 28.3. The van der Waals surface area contributed by atoms with E-state index in [2.05, 4.69) is 76.5 Å². The van der Waals surface area contributed by atoms with Gasteiger partial charge in [0.15, 0.2) is 11.5 Å². The van der Waals surface area contributed by atoms with E-state index in [9.17, 15) is 9.90 Å². The third-order valence-electron chi connectivity index (χ3n) is 12.7. The second-order valence-corrected chi connectivity index (χ2v) is 15.7. The Morgan fingerprint density at radius 1 is 0.878 bits per heavy atom. The number of hydrogen-bond acceptors (Lipinski definition) is 6. The van der Waals surface area contributed by atoms with Crippen LogP contribution in [0.1, 0.15) is 93.4 Å². The maximum atomic E-state index is 13.1. The summed E-state index contributed by atoms with van der Waals surface area (Å²) in [7, 11) is 0. The zero-order valence-electron chi connectivity index (χ0n) is 29.3. The molecular weight excluding hydrogens is 608 g/mol. The Morgan fingerprint density at radius 2 is 1.57 bits per heavy atom. The van der Waals surface area contributed by atoms with Crippen LogP contribution in [-0.2, 0) is 29.5 Å². The minimum atomic E-state index is -0.860. The molecule has 3 aromatic rings. The molecule has 0 unspecified atom stereocenters. The van der Waals surface area contributed by atoms with E-state index in [0.717, 1.165) is 94.8 Å². The molecule has 2 heterocycles. The predicted molar refractivity (Wildman–Crippen MR) is 193 cm³/mol. The Morgan fingerprint density at radius 3 is 2.29 bits per heavy atom. The van der Waals surface area contributed by atoms with Gasteiger partial charge in [-0.05, 0) is 119 Å². The van der Waals surface area contributed by atoms with Crippen LogP contribution >= 0.6 is 0 Å². The third kappa shape index (κ3) is 6.23. The fourth-order valence-electron chi connectivity index (χ4n) is 10.3. The molecule has 5 atom stereocenters. The van der Waals surface area contributed by atoms with Crippen molar-refractivity contribution in [1.82, 2.24) is 9.80 Å². The Hall–Kier alpha value is -3.19. The van der Waals surface area contributed by atoms with E-state index in [4.69, 9.17) is 9.47 Å². The van der Waals surface area contributed by atoms with Crippen LogP contribution in [0.2, 0.25) is 0 Å². The second kappa shape index (κ2) is 13.8. The number of aryl methyl sites for hydroxylation is 2. The van der Waals surface area contributed by atoms with Crippen LogP contribution in [-0.4, -0.2) is 70.8 Å². The fraction of sp³-hybridized carbons (Fsp3) is 0.558. The SMILES string of the molecule is CC(=O)Oc1ccc2c3c1O[C@H]1[C@@H](N(CCCCCCc4ccccc4)CCCc4ccccc4)CC[C@@]4(O)[C@@H](C2)N(CC2CC2)CC[C@]314. The number of rotatable bonds is 15. The van der Waals surface area contributed by atoms with E-state index in [1.54, 1.807) is 0 Å². The Labute approximate surface area is 292 Å². The number of benzene rings is 3. The van der Waals surface area contributed by atoms with Crippen molar-refractivity contribution in [1.29, 1.82) is 0 Å². The molecule has 3 aliphatic carbocycles. The first kappa shape index (κ1) is 33.0. The lowest BCUT2D eigenvalue weighted by Gasteiger charge is -2.65. The summed E-state index contributed by atoms with van der Waals surface area (Å²) in [5.74, 6) is 1.69. The molecule has 3 aromatic carbocycles. The van der Waals surface area contributed by atoms with Gasteiger partial charge < -0.3 is 14.6 Å². The van der Waals surface area contributed by atoms with Crippen molar-refractivity contribution in [3.63, 3.8) is 0 Å². The topological polar surface area (TPSA) is 62.2 Å². The lowest BCUT2D eigenvalue weighted by atomic mass is 9.48. The molecule has 6 nitrogen and oxygen atoms in total. The van der Waals surface area contributed by atoms with E-state index >= 15 is 0 Å². The number of esters is 1. The van der Waals surface area contributed by atoms with E-state index in [-0.39, 0.29) is 24.2 Å². The van der Waals surface area contributed by atoms with Gasteiger partial charge in [-0.15, -0.1) is 0 Å². The van der Waals surface area contributed by atoms with E-state index in [1.807, 2.05) is 6.07 Å². The number of aliphatic hydroxyl groups is 1. The average molecular weight is 663 g/mol. The zero-order chi connectivity index (χ0) is 33.4. The van der Waals surface area contributed by atoms with Crippen LogP contribution in [0.3, 0.4) is 0 Å². The lowest BCUT2D eigenvalue weighted by molar-refractivity contribution is -0.200. The van der Waals surface area contributed by atoms with Crippen LogP contribution in [0.25, 0.3) is 0 Å². The van der Waals surface area contributed by atoms with Crippen LogP contribution in [0.15, 0.2) is 72.8 Å². The summed E-state index contributed by atoms with van der Waals surface area (Å²) in [4.78, 5) is 17.6. The first-order chi connectivity index (χ1) is 24.0. The average Bonchev–Trinajstić information content (AvgIpc) is 3.85. The summed E-state index contributed by atoms with van der Waals surface area (Å²) in [5, 5.41) is 13.1. The monoisotopic (exact) mass is 662 g/mol. The van der Waals surface area contributed by atoms with Gasteiger partial charge >= 0.3 is 5.97 Å². The number of carbonyl (C=O) groups is 1. The summed E-state index contributed by atoms with van der Waals surface area (Å²) in [6.07, 6.45) is 14.0. The molecule has 3 fully saturated rings. The summed E-state index contributed by atoms with van der Waals surface area (Å²) >= 11 is 0. The van der Waals surface area contributed by atoms with Crippen molar-refractivity contribution in [3.05, 3.63) is 95.1 Å². The number of ether oxygens (including phenoxy) is 2. The second-order valence-electron chi connectivity index (χ2n) is 15.7. The summed E-state index contributed by atoms with van der Waals surface area (Å²) in [5.41, 5.74) is 3.89. The largest absolute Gasteiger partial charge is 0.483 e. The molecule has 0 amide bonds. The highest BCUT2D eigenvalue weighted by Gasteiger charge is 2.73. The number of nitrogens with zero attached hydrogens (tertiary/aromatic N) is 2. The summed E-state index contributed by atoms with van der Waals surface area (Å²) < 4.78 is 13.0. The van der Waals surface area contributed by atoms with Crippen LogP contribution in [0.5, 0.6) is 11.5 Å². The predicted octanol–water partition coefficient (Wildman–Crippen LogP) is 7.28. The molecule has 2 saturated carbocycles. The maximum absolute atomic E-state index is 13.1. The highest BCUT2D eigenvalue weighted by molar-refractivity contribution is 5.72. The smallest absolute Gasteiger partial charge is 0.308 e. The van der Waals surface area contributed by atoms with Crippen molar-refractivity contribution in [3.8, 4) is 11.5 Å². The van der Waals surface area contributed by atoms with E-state index in [0.29, 0.717) is 5.75 Å². The number of piperidine rings is 1. The van der Waals surface area contributed by atoms with E-state index < -0.39 is 11.0 Å². The molecule has 6 heteroatoms. The van der Waals surface area contributed by atoms with Gasteiger partial charge in [-0.3, -0.25) is 14.6 Å². The van der Waals surface area contributed by atoms with Crippen LogP contribution in [0.4, 0.5) is 0 Å². The Balaban J connectivity index is 1.06. The first-order valence-corrected chi connectivity index (χ1v) is 19.3. The molecule has 2 aliphatic heterocycles. The van der Waals surface area contributed by atoms with Gasteiger partial charge in [0.2, 0.25) is 0 Å². The summed E-state index contributed by atoms with van der Waals surface area (Å²) in [6, 6.07) is 26.1. The maximum Gasteiger partial charge on any atom is 0.308 e. The molecule has 2 bridgehead atoms. The molecule has 1 spiro atoms. The number of unbranched alkanes of at least 4 members (excludes halogenated alkanes) is 3. The molecule has 0 radical (unpaired) electrons. The number of likely N-dealkylation sites (tertiary alicyclic amines) is 1. The summed E-state index contributed by atoms with van der Waals surface area (Å²) in [6.45, 7) is 5.60. The van der Waals surface area contributed by atoms with Crippen molar-refractivity contribution in [2.45, 2.75) is 120 Å². The minimum Gasteiger partial charge on any atom is -0.483 e. The van der Waals surface area contributed by atoms with Gasteiger partial charge in [0.1, 0.15) is 6.10 Å². The Bertz CT molecular complexity index is 1610. The number of carbonyl (C=O) groups excluding carboxylic acids is 1. The van der Waals surface area contributed by atoms with Gasteiger partial charge in [0.05, 0.1) is 11.0 Å². The highest BCUT2D eigenvalue weighted by atomic mass is 16.6. The fourth-order valence-corrected chi connectivity index (χ4v) is 10.3. The highest BCUT2D eigenvalue weighted by Crippen LogP contribution is 2.66. The molecule has 5 aliphatic rings. The van der Waals surface area contributed by atoms with Crippen molar-refractivity contribution in [2.75, 3.05) is 26.2 Å². The first-order valence-electron chi connectivity index (χ1n) is 19.3. The number of hydrogen-bond donors (Lipinski definition) is 1. The van der Waals surface area contributed by atoms with E-state index in [1.165, 1.54) is 55.7 Å². The standard InChI is InChI=1S/C43H54N2O4/c1-31(46)48-37-22-21-35-29-38-43(47)24-23-36(41-42(43,39(35)40(37)49-41)25-28-45(38)30-34-19-20-34)44(27-12-18-33-16-9-5-10-17-33)26-11-3-2-6-13-32-14-7-4-8-15-32/h4-5,7-10,14-17,21-22,34,36,38,41,47H,2-3,6,11-13,18-20,23-30H2,1H3/t36-,38+,41-,42-,43+/m0/s1. The van der Waals surface area contributed by atoms with Gasteiger partial charge in [-0.1, -0.05) is 79.6 Å². The molecule has 8 rings (SSSR count). The van der Waals surface area contributed by atoms with Gasteiger partial charge in [0.25, 0.3) is 0 Å². The Kier molecular flexibility index (Phi) is 9.32. The van der Waals surface area contributed by atoms with Gasteiger partial charge in [-0.2, -0.15) is 0 Å². The molecular formula is C43H54N2O4. The minimum absolute atomic E-state index is 0.100. The zero-order valence-corrected chi connectivity index (χ0v) is 29.3. The third-order valence-corrected chi connectivity index (χ3v) is 12.7. The van der Waals surface area contributed by atoms with Gasteiger partial charge in [0, 0.05) is 31.1 Å². The van der Waals surface area contributed by atoms with Crippen LogP contribution < -0.4 is 9.47 Å². The van der Waals surface area contributed by atoms with Crippen LogP contribution in [0, 0.1) is 5.92 Å². The lowest BCUT2D eigenvalue weighted by Crippen LogP contribution is -2.78. The van der Waals surface area contributed by atoms with Crippen molar-refractivity contribution >= 4 is 5.97 Å². The van der Waals surface area contributed by atoms with Crippen molar-refractivity contribution < 1.29 is 19.4 Å². The van der Waals surface area contributed by atoms with Gasteiger partial charge in [-0.25, -0.2) is 0 Å². The van der Waals surface area contributed by atoms with Crippen molar-refractivity contribution in [2.24, 2.45) is 5.92 Å². The quantitative estimate of drug-likeness (QED) is 0.105.